The number of pyridine rings is 1. The summed E-state index contributed by atoms with van der Waals surface area (Å²) in [6.07, 6.45) is -2.86. The third-order valence-electron chi connectivity index (χ3n) is 7.14. The Hall–Kier alpha value is -5.32. The van der Waals surface area contributed by atoms with Gasteiger partial charge in [0.1, 0.15) is 5.82 Å². The molecule has 4 heterocycles. The number of halogens is 4. The Morgan fingerprint density at radius 2 is 1.64 bits per heavy atom. The van der Waals surface area contributed by atoms with Crippen molar-refractivity contribution < 1.29 is 17.6 Å². The number of fused-ring (bicyclic) bond motifs is 4. The number of nitrogens with one attached hydrogen (secondary N) is 1. The fourth-order valence-corrected chi connectivity index (χ4v) is 5.31. The van der Waals surface area contributed by atoms with Crippen LogP contribution < -0.4 is 10.2 Å². The number of aromatic nitrogens is 3. The van der Waals surface area contributed by atoms with Crippen LogP contribution in [0.1, 0.15) is 28.4 Å². The van der Waals surface area contributed by atoms with Gasteiger partial charge >= 0.3 is 6.18 Å². The average Bonchev–Trinajstić information content (AvgIpc) is 3.33. The molecule has 0 fully saturated rings. The van der Waals surface area contributed by atoms with E-state index in [0.29, 0.717) is 28.9 Å². The van der Waals surface area contributed by atoms with E-state index in [1.165, 1.54) is 24.3 Å². The van der Waals surface area contributed by atoms with Crippen molar-refractivity contribution in [1.29, 1.82) is 0 Å². The van der Waals surface area contributed by atoms with Crippen LogP contribution in [0, 0.1) is 12.7 Å². The van der Waals surface area contributed by atoms with Crippen LogP contribution in [0.25, 0.3) is 5.82 Å². The van der Waals surface area contributed by atoms with Gasteiger partial charge in [-0.05, 0) is 67.1 Å². The van der Waals surface area contributed by atoms with Gasteiger partial charge in [0, 0.05) is 17.4 Å². The Kier molecular flexibility index (Phi) is 5.89. The third kappa shape index (κ3) is 4.30. The number of aliphatic imine (C=N–C) groups is 2. The van der Waals surface area contributed by atoms with Crippen LogP contribution in [0.3, 0.4) is 0 Å². The van der Waals surface area contributed by atoms with Gasteiger partial charge in [-0.1, -0.05) is 36.4 Å². The second-order valence-corrected chi connectivity index (χ2v) is 9.83. The Morgan fingerprint density at radius 1 is 0.857 bits per heavy atom. The van der Waals surface area contributed by atoms with E-state index < -0.39 is 17.8 Å². The summed E-state index contributed by atoms with van der Waals surface area (Å²) in [5.41, 5.74) is 2.98. The minimum Gasteiger partial charge on any atom is -0.337 e. The SMILES string of the molecule is Cc1nn(-c2ccccn2)c2c1[C@H](c1ccc(F)cc1)N1C(=N2)C(Nc2cccc(C(F)(F)F)c2)=Nc2ccccc21. The lowest BCUT2D eigenvalue weighted by Crippen LogP contribution is -2.46. The summed E-state index contributed by atoms with van der Waals surface area (Å²) in [5.74, 6) is 1.27. The fraction of sp³-hybridized carbons (Fsp3) is 0.0968. The average molecular weight is 568 g/mol. The molecule has 7 rings (SSSR count). The number of hydrogen-bond acceptors (Lipinski definition) is 6. The maximum absolute atomic E-state index is 14.1. The molecule has 2 aromatic heterocycles. The number of aryl methyl sites for hydroxylation is 1. The number of nitrogens with zero attached hydrogens (tertiary/aromatic N) is 6. The number of rotatable bonds is 3. The number of benzene rings is 3. The number of anilines is 2. The molecule has 0 aliphatic carbocycles. The van der Waals surface area contributed by atoms with Crippen molar-refractivity contribution in [2.45, 2.75) is 19.1 Å². The molecule has 7 nitrogen and oxygen atoms in total. The normalized spacial score (nSPS) is 15.7. The first kappa shape index (κ1) is 25.6. The molecule has 0 radical (unpaired) electrons. The Bertz CT molecular complexity index is 1880. The topological polar surface area (TPSA) is 70.7 Å². The quantitative estimate of drug-likeness (QED) is 0.229. The maximum Gasteiger partial charge on any atom is 0.416 e. The minimum absolute atomic E-state index is 0.198. The van der Waals surface area contributed by atoms with Gasteiger partial charge in [0.15, 0.2) is 23.3 Å². The number of amidine groups is 2. The molecule has 1 N–H and O–H groups in total. The van der Waals surface area contributed by atoms with Crippen LogP contribution in [0.4, 0.5) is 40.4 Å². The molecule has 1 atom stereocenters. The first-order chi connectivity index (χ1) is 20.3. The second kappa shape index (κ2) is 9.65. The van der Waals surface area contributed by atoms with Crippen LogP contribution >= 0.6 is 0 Å². The Labute approximate surface area is 237 Å². The van der Waals surface area contributed by atoms with Crippen molar-refractivity contribution >= 4 is 34.6 Å². The zero-order valence-corrected chi connectivity index (χ0v) is 22.0. The highest BCUT2D eigenvalue weighted by atomic mass is 19.4. The van der Waals surface area contributed by atoms with E-state index in [-0.39, 0.29) is 17.3 Å². The number of alkyl halides is 3. The molecule has 0 unspecified atom stereocenters. The molecule has 5 aromatic rings. The molecule has 3 aromatic carbocycles. The zero-order chi connectivity index (χ0) is 29.0. The highest BCUT2D eigenvalue weighted by Gasteiger charge is 2.41. The van der Waals surface area contributed by atoms with Crippen LogP contribution in [0.5, 0.6) is 0 Å². The van der Waals surface area contributed by atoms with Crippen molar-refractivity contribution in [2.24, 2.45) is 9.98 Å². The molecule has 0 saturated carbocycles. The number of hydrogen-bond donors (Lipinski definition) is 1. The summed E-state index contributed by atoms with van der Waals surface area (Å²) >= 11 is 0. The molecule has 42 heavy (non-hydrogen) atoms. The van der Waals surface area contributed by atoms with Crippen LogP contribution in [0.15, 0.2) is 107 Å². The summed E-state index contributed by atoms with van der Waals surface area (Å²) in [7, 11) is 0. The van der Waals surface area contributed by atoms with Crippen LogP contribution in [-0.2, 0) is 6.18 Å². The lowest BCUT2D eigenvalue weighted by molar-refractivity contribution is -0.137. The Balaban J connectivity index is 1.47. The van der Waals surface area contributed by atoms with Gasteiger partial charge in [0.05, 0.1) is 28.7 Å². The molecule has 11 heteroatoms. The largest absolute Gasteiger partial charge is 0.416 e. The van der Waals surface area contributed by atoms with Crippen LogP contribution in [-0.4, -0.2) is 26.4 Å². The van der Waals surface area contributed by atoms with Gasteiger partial charge < -0.3 is 10.2 Å². The molecule has 0 saturated heterocycles. The van der Waals surface area contributed by atoms with Gasteiger partial charge in [0.25, 0.3) is 0 Å². The molecule has 0 bridgehead atoms. The number of para-hydroxylation sites is 2. The maximum atomic E-state index is 14.1. The van der Waals surface area contributed by atoms with E-state index >= 15 is 0 Å². The predicted molar refractivity (Wildman–Crippen MR) is 153 cm³/mol. The summed E-state index contributed by atoms with van der Waals surface area (Å²) in [4.78, 5) is 16.2. The molecule has 2 aliphatic rings. The zero-order valence-electron chi connectivity index (χ0n) is 22.0. The van der Waals surface area contributed by atoms with E-state index in [9.17, 15) is 17.6 Å². The molecule has 2 aliphatic heterocycles. The van der Waals surface area contributed by atoms with E-state index in [4.69, 9.17) is 15.1 Å². The molecule has 0 amide bonds. The lowest BCUT2D eigenvalue weighted by atomic mass is 9.93. The van der Waals surface area contributed by atoms with Crippen molar-refractivity contribution in [3.63, 3.8) is 0 Å². The van der Waals surface area contributed by atoms with Gasteiger partial charge in [0.2, 0.25) is 0 Å². The molecular weight excluding hydrogens is 546 g/mol. The van der Waals surface area contributed by atoms with Gasteiger partial charge in [-0.3, -0.25) is 0 Å². The monoisotopic (exact) mass is 567 g/mol. The van der Waals surface area contributed by atoms with E-state index in [2.05, 4.69) is 10.3 Å². The smallest absolute Gasteiger partial charge is 0.337 e. The van der Waals surface area contributed by atoms with Crippen molar-refractivity contribution in [3.8, 4) is 5.82 Å². The molecule has 208 valence electrons. The Morgan fingerprint density at radius 3 is 2.40 bits per heavy atom. The lowest BCUT2D eigenvalue weighted by Gasteiger charge is -2.40. The van der Waals surface area contributed by atoms with E-state index in [1.807, 2.05) is 42.2 Å². The summed E-state index contributed by atoms with van der Waals surface area (Å²) in [5, 5.41) is 7.86. The molecular formula is C31H21F4N7. The highest BCUT2D eigenvalue weighted by molar-refractivity contribution is 6.51. The fourth-order valence-electron chi connectivity index (χ4n) is 5.31. The first-order valence-electron chi connectivity index (χ1n) is 13.0. The van der Waals surface area contributed by atoms with Crippen LogP contribution in [0.2, 0.25) is 0 Å². The first-order valence-corrected chi connectivity index (χ1v) is 13.0. The van der Waals surface area contributed by atoms with Gasteiger partial charge in [-0.25, -0.2) is 19.4 Å². The summed E-state index contributed by atoms with van der Waals surface area (Å²) in [6.45, 7) is 1.88. The summed E-state index contributed by atoms with van der Waals surface area (Å²) < 4.78 is 56.3. The van der Waals surface area contributed by atoms with Gasteiger partial charge in [-0.15, -0.1) is 0 Å². The van der Waals surface area contributed by atoms with Gasteiger partial charge in [-0.2, -0.15) is 23.0 Å². The highest BCUT2D eigenvalue weighted by Crippen LogP contribution is 2.48. The third-order valence-corrected chi connectivity index (χ3v) is 7.14. The van der Waals surface area contributed by atoms with Crippen molar-refractivity contribution in [3.05, 3.63) is 125 Å². The minimum atomic E-state index is -4.51. The van der Waals surface area contributed by atoms with Crippen molar-refractivity contribution in [2.75, 3.05) is 10.2 Å². The van der Waals surface area contributed by atoms with E-state index in [1.54, 1.807) is 35.1 Å². The standard InChI is InChI=1S/C31H21F4N7/c1-18-26-27(19-12-14-21(32)15-13-19)41-24-10-3-2-9-23(24)38-28(37-22-8-6-7-20(17-22)31(33,34)35)30(41)39-29(26)42(40-18)25-11-4-5-16-36-25/h2-17,27H,1H3,(H,37,38)/t27-/m0/s1. The van der Waals surface area contributed by atoms with Crippen molar-refractivity contribution in [1.82, 2.24) is 14.8 Å². The predicted octanol–water partition coefficient (Wildman–Crippen LogP) is 7.53. The van der Waals surface area contributed by atoms with E-state index in [0.717, 1.165) is 28.9 Å². The second-order valence-electron chi connectivity index (χ2n) is 9.83. The summed E-state index contributed by atoms with van der Waals surface area (Å²) in [6, 6.07) is 23.5. The molecule has 0 spiro atoms.